The van der Waals surface area contributed by atoms with Gasteiger partial charge in [-0.25, -0.2) is 4.98 Å². The smallest absolute Gasteiger partial charge is 0.229 e. The maximum Gasteiger partial charge on any atom is 0.229 e. The van der Waals surface area contributed by atoms with Crippen molar-refractivity contribution in [3.05, 3.63) is 23.5 Å². The molecule has 0 saturated carbocycles. The van der Waals surface area contributed by atoms with Gasteiger partial charge in [0.2, 0.25) is 5.95 Å². The van der Waals surface area contributed by atoms with E-state index in [4.69, 9.17) is 10.2 Å². The SMILES string of the molecule is Cc1cc(Nc2ncc(C)c(N3CC(CCC#N)(N4CCCCC4)C3)n2)sn1. The summed E-state index contributed by atoms with van der Waals surface area (Å²) in [7, 11) is 0. The van der Waals surface area contributed by atoms with E-state index in [9.17, 15) is 0 Å². The summed E-state index contributed by atoms with van der Waals surface area (Å²) in [6, 6.07) is 4.35. The number of rotatable bonds is 6. The van der Waals surface area contributed by atoms with Crippen molar-refractivity contribution in [2.45, 2.75) is 51.5 Å². The number of aromatic nitrogens is 3. The molecule has 0 bridgehead atoms. The van der Waals surface area contributed by atoms with Gasteiger partial charge in [0, 0.05) is 31.3 Å². The number of hydrogen-bond acceptors (Lipinski definition) is 8. The summed E-state index contributed by atoms with van der Waals surface area (Å²) >= 11 is 1.42. The third-order valence-electron chi connectivity index (χ3n) is 5.81. The van der Waals surface area contributed by atoms with Crippen molar-refractivity contribution < 1.29 is 0 Å². The van der Waals surface area contributed by atoms with E-state index in [1.165, 1.54) is 30.8 Å². The number of nitrogens with zero attached hydrogens (tertiary/aromatic N) is 6. The van der Waals surface area contributed by atoms with Crippen LogP contribution < -0.4 is 10.2 Å². The minimum absolute atomic E-state index is 0.121. The highest BCUT2D eigenvalue weighted by Gasteiger charge is 2.48. The van der Waals surface area contributed by atoms with Gasteiger partial charge in [0.05, 0.1) is 17.3 Å². The lowest BCUT2D eigenvalue weighted by molar-refractivity contribution is 0.0342. The van der Waals surface area contributed by atoms with E-state index in [0.29, 0.717) is 12.4 Å². The van der Waals surface area contributed by atoms with Crippen molar-refractivity contribution >= 4 is 28.3 Å². The molecule has 0 atom stereocenters. The van der Waals surface area contributed by atoms with E-state index in [2.05, 4.69) is 37.5 Å². The van der Waals surface area contributed by atoms with E-state index in [-0.39, 0.29) is 5.54 Å². The number of piperidine rings is 1. The maximum absolute atomic E-state index is 9.14. The van der Waals surface area contributed by atoms with Crippen LogP contribution in [0.2, 0.25) is 0 Å². The lowest BCUT2D eigenvalue weighted by Gasteiger charge is -2.57. The number of likely N-dealkylation sites (tertiary alicyclic amines) is 1. The Morgan fingerprint density at radius 1 is 1.25 bits per heavy atom. The predicted octanol–water partition coefficient (Wildman–Crippen LogP) is 3.64. The van der Waals surface area contributed by atoms with Gasteiger partial charge in [0.1, 0.15) is 10.8 Å². The molecule has 148 valence electrons. The summed E-state index contributed by atoms with van der Waals surface area (Å²) in [5, 5.41) is 13.4. The Kier molecular flexibility index (Phi) is 5.47. The van der Waals surface area contributed by atoms with Gasteiger partial charge in [-0.2, -0.15) is 14.6 Å². The molecular weight excluding hydrogens is 370 g/mol. The molecule has 2 aromatic rings. The first-order valence-electron chi connectivity index (χ1n) is 10.0. The van der Waals surface area contributed by atoms with Crippen LogP contribution in [0.3, 0.4) is 0 Å². The fourth-order valence-corrected chi connectivity index (χ4v) is 4.99. The summed E-state index contributed by atoms with van der Waals surface area (Å²) < 4.78 is 4.30. The van der Waals surface area contributed by atoms with Crippen molar-refractivity contribution in [1.29, 1.82) is 5.26 Å². The third-order valence-corrected chi connectivity index (χ3v) is 6.60. The largest absolute Gasteiger partial charge is 0.352 e. The Morgan fingerprint density at radius 3 is 2.71 bits per heavy atom. The molecule has 0 aromatic carbocycles. The molecule has 0 amide bonds. The number of anilines is 3. The Bertz CT molecular complexity index is 860. The van der Waals surface area contributed by atoms with Gasteiger partial charge in [-0.15, -0.1) is 0 Å². The standard InChI is InChI=1S/C20H27N7S/c1-15-12-22-19(23-17-11-16(2)25-28-17)24-18(15)26-13-20(14-26,7-6-8-21)27-9-4-3-5-10-27/h11-12H,3-7,9-10,13-14H2,1-2H3,(H,22,23,24). The van der Waals surface area contributed by atoms with Crippen molar-refractivity contribution in [3.8, 4) is 6.07 Å². The first-order valence-corrected chi connectivity index (χ1v) is 10.8. The zero-order chi connectivity index (χ0) is 19.6. The molecule has 0 unspecified atom stereocenters. The molecule has 0 spiro atoms. The zero-order valence-corrected chi connectivity index (χ0v) is 17.4. The lowest BCUT2D eigenvalue weighted by atomic mass is 9.81. The summed E-state index contributed by atoms with van der Waals surface area (Å²) in [6.45, 7) is 8.22. The van der Waals surface area contributed by atoms with Crippen LogP contribution in [0.4, 0.5) is 16.8 Å². The van der Waals surface area contributed by atoms with E-state index < -0.39 is 0 Å². The molecule has 28 heavy (non-hydrogen) atoms. The summed E-state index contributed by atoms with van der Waals surface area (Å²) in [5.41, 5.74) is 2.19. The van der Waals surface area contributed by atoms with Crippen LogP contribution in [0.5, 0.6) is 0 Å². The Balaban J connectivity index is 1.50. The van der Waals surface area contributed by atoms with Crippen molar-refractivity contribution in [3.63, 3.8) is 0 Å². The van der Waals surface area contributed by atoms with Crippen LogP contribution >= 0.6 is 11.5 Å². The lowest BCUT2D eigenvalue weighted by Crippen LogP contribution is -2.71. The average molecular weight is 398 g/mol. The van der Waals surface area contributed by atoms with Gasteiger partial charge in [0.25, 0.3) is 0 Å². The molecule has 7 nitrogen and oxygen atoms in total. The molecule has 2 aromatic heterocycles. The second kappa shape index (κ2) is 8.02. The molecule has 4 rings (SSSR count). The van der Waals surface area contributed by atoms with Crippen LogP contribution in [0.1, 0.15) is 43.4 Å². The third kappa shape index (κ3) is 3.82. The van der Waals surface area contributed by atoms with Crippen molar-refractivity contribution in [2.75, 3.05) is 36.4 Å². The Morgan fingerprint density at radius 2 is 2.04 bits per heavy atom. The highest BCUT2D eigenvalue weighted by Crippen LogP contribution is 2.38. The van der Waals surface area contributed by atoms with E-state index in [1.807, 2.05) is 19.2 Å². The number of nitriles is 1. The van der Waals surface area contributed by atoms with Gasteiger partial charge >= 0.3 is 0 Å². The van der Waals surface area contributed by atoms with Gasteiger partial charge in [0.15, 0.2) is 0 Å². The topological polar surface area (TPSA) is 81.0 Å². The molecule has 1 N–H and O–H groups in total. The number of hydrogen-bond donors (Lipinski definition) is 1. The van der Waals surface area contributed by atoms with Crippen molar-refractivity contribution in [2.24, 2.45) is 0 Å². The molecular formula is C20H27N7S. The van der Waals surface area contributed by atoms with Gasteiger partial charge in [-0.3, -0.25) is 4.90 Å². The van der Waals surface area contributed by atoms with Crippen LogP contribution in [0.25, 0.3) is 0 Å². The second-order valence-electron chi connectivity index (χ2n) is 7.94. The Hall–Kier alpha value is -2.24. The first kappa shape index (κ1) is 19.1. The highest BCUT2D eigenvalue weighted by molar-refractivity contribution is 7.10. The summed E-state index contributed by atoms with van der Waals surface area (Å²) in [4.78, 5) is 14.2. The van der Waals surface area contributed by atoms with E-state index in [0.717, 1.165) is 54.7 Å². The quantitative estimate of drug-likeness (QED) is 0.797. The maximum atomic E-state index is 9.14. The van der Waals surface area contributed by atoms with Gasteiger partial charge in [-0.1, -0.05) is 6.42 Å². The normalized spacial score (nSPS) is 19.1. The first-order chi connectivity index (χ1) is 13.6. The number of nitrogens with one attached hydrogen (secondary N) is 1. The molecule has 2 aliphatic heterocycles. The van der Waals surface area contributed by atoms with Crippen LogP contribution in [-0.2, 0) is 0 Å². The van der Waals surface area contributed by atoms with E-state index >= 15 is 0 Å². The van der Waals surface area contributed by atoms with Gasteiger partial charge < -0.3 is 10.2 Å². The number of aryl methyl sites for hydroxylation is 2. The summed E-state index contributed by atoms with van der Waals surface area (Å²) in [5.74, 6) is 1.60. The van der Waals surface area contributed by atoms with Crippen molar-refractivity contribution in [1.82, 2.24) is 19.2 Å². The predicted molar refractivity (Wildman–Crippen MR) is 112 cm³/mol. The fraction of sp³-hybridized carbons (Fsp3) is 0.600. The van der Waals surface area contributed by atoms with Crippen LogP contribution in [0, 0.1) is 25.2 Å². The average Bonchev–Trinajstić information content (AvgIpc) is 3.08. The Labute approximate surface area is 170 Å². The van der Waals surface area contributed by atoms with Crippen LogP contribution in [0.15, 0.2) is 12.3 Å². The highest BCUT2D eigenvalue weighted by atomic mass is 32.1. The van der Waals surface area contributed by atoms with Gasteiger partial charge in [-0.05, 0) is 63.8 Å². The molecule has 2 saturated heterocycles. The summed E-state index contributed by atoms with van der Waals surface area (Å²) in [6.07, 6.45) is 7.30. The second-order valence-corrected chi connectivity index (χ2v) is 8.75. The molecule has 2 fully saturated rings. The fourth-order valence-electron chi connectivity index (χ4n) is 4.33. The molecule has 8 heteroatoms. The minimum Gasteiger partial charge on any atom is -0.352 e. The molecule has 0 radical (unpaired) electrons. The molecule has 2 aliphatic rings. The zero-order valence-electron chi connectivity index (χ0n) is 16.6. The molecule has 0 aliphatic carbocycles. The van der Waals surface area contributed by atoms with E-state index in [1.54, 1.807) is 0 Å². The van der Waals surface area contributed by atoms with Crippen LogP contribution in [-0.4, -0.2) is 51.0 Å². The monoisotopic (exact) mass is 397 g/mol. The minimum atomic E-state index is 0.121. The molecule has 4 heterocycles.